The third kappa shape index (κ3) is 4.33. The van der Waals surface area contributed by atoms with E-state index in [0.717, 1.165) is 16.5 Å². The molecule has 1 saturated heterocycles. The SMILES string of the molecule is CCC1(CC(=O)O)C(=O)N(CCc2c[nH]c3ccc(Cl)cc23)CCN1C(=O)c1ccccc1. The number of aromatic amines is 1. The summed E-state index contributed by atoms with van der Waals surface area (Å²) in [6.07, 6.45) is 2.28. The Labute approximate surface area is 196 Å². The van der Waals surface area contributed by atoms with Crippen LogP contribution in [0, 0.1) is 0 Å². The molecule has 1 aliphatic heterocycles. The van der Waals surface area contributed by atoms with Crippen molar-refractivity contribution >= 4 is 40.3 Å². The Balaban J connectivity index is 1.59. The summed E-state index contributed by atoms with van der Waals surface area (Å²) in [5, 5.41) is 11.3. The first-order valence-electron chi connectivity index (χ1n) is 11.0. The second-order valence-electron chi connectivity index (χ2n) is 8.32. The van der Waals surface area contributed by atoms with Crippen molar-refractivity contribution in [2.24, 2.45) is 0 Å². The zero-order valence-electron chi connectivity index (χ0n) is 18.4. The number of aliphatic carboxylic acids is 1. The van der Waals surface area contributed by atoms with Crippen molar-refractivity contribution in [3.63, 3.8) is 0 Å². The largest absolute Gasteiger partial charge is 0.481 e. The fraction of sp³-hybridized carbons (Fsp3) is 0.320. The van der Waals surface area contributed by atoms with Crippen molar-refractivity contribution in [2.75, 3.05) is 19.6 Å². The lowest BCUT2D eigenvalue weighted by Crippen LogP contribution is -2.67. The number of carbonyl (C=O) groups is 3. The summed E-state index contributed by atoms with van der Waals surface area (Å²) in [6.45, 7) is 2.81. The number of rotatable bonds is 7. The summed E-state index contributed by atoms with van der Waals surface area (Å²) in [7, 11) is 0. The highest BCUT2D eigenvalue weighted by atomic mass is 35.5. The minimum Gasteiger partial charge on any atom is -0.481 e. The van der Waals surface area contributed by atoms with Gasteiger partial charge in [0.1, 0.15) is 5.54 Å². The Morgan fingerprint density at radius 1 is 1.15 bits per heavy atom. The van der Waals surface area contributed by atoms with Crippen LogP contribution in [0.3, 0.4) is 0 Å². The molecule has 0 aliphatic carbocycles. The topological polar surface area (TPSA) is 93.7 Å². The van der Waals surface area contributed by atoms with Crippen LogP contribution in [0.15, 0.2) is 54.7 Å². The van der Waals surface area contributed by atoms with E-state index in [0.29, 0.717) is 30.1 Å². The van der Waals surface area contributed by atoms with Crippen molar-refractivity contribution in [3.05, 3.63) is 70.9 Å². The van der Waals surface area contributed by atoms with Gasteiger partial charge in [0.05, 0.1) is 6.42 Å². The van der Waals surface area contributed by atoms with Crippen LogP contribution in [0.2, 0.25) is 5.02 Å². The van der Waals surface area contributed by atoms with E-state index >= 15 is 0 Å². The molecular weight excluding hydrogens is 442 g/mol. The molecule has 2 amide bonds. The van der Waals surface area contributed by atoms with Crippen molar-refractivity contribution in [3.8, 4) is 0 Å². The molecule has 0 spiro atoms. The number of H-pyrrole nitrogens is 1. The molecule has 1 atom stereocenters. The number of benzene rings is 2. The van der Waals surface area contributed by atoms with Crippen LogP contribution >= 0.6 is 11.6 Å². The van der Waals surface area contributed by atoms with Crippen molar-refractivity contribution in [2.45, 2.75) is 31.7 Å². The zero-order valence-corrected chi connectivity index (χ0v) is 19.1. The lowest BCUT2D eigenvalue weighted by Gasteiger charge is -2.48. The highest BCUT2D eigenvalue weighted by molar-refractivity contribution is 6.31. The average molecular weight is 468 g/mol. The van der Waals surface area contributed by atoms with Gasteiger partial charge in [-0.2, -0.15) is 0 Å². The molecule has 2 aromatic carbocycles. The lowest BCUT2D eigenvalue weighted by atomic mass is 9.85. The Morgan fingerprint density at radius 2 is 1.91 bits per heavy atom. The molecule has 8 heteroatoms. The van der Waals surface area contributed by atoms with Gasteiger partial charge in [-0.3, -0.25) is 14.4 Å². The predicted octanol–water partition coefficient (Wildman–Crippen LogP) is 3.97. The molecule has 172 valence electrons. The number of carboxylic acids is 1. The van der Waals surface area contributed by atoms with E-state index in [9.17, 15) is 19.5 Å². The normalized spacial score (nSPS) is 18.7. The van der Waals surface area contributed by atoms with Crippen molar-refractivity contribution < 1.29 is 19.5 Å². The maximum Gasteiger partial charge on any atom is 0.306 e. The van der Waals surface area contributed by atoms with Crippen LogP contribution in [-0.2, 0) is 16.0 Å². The van der Waals surface area contributed by atoms with E-state index < -0.39 is 17.9 Å². The molecule has 0 saturated carbocycles. The number of nitrogens with one attached hydrogen (secondary N) is 1. The minimum absolute atomic E-state index is 0.218. The molecule has 2 N–H and O–H groups in total. The van der Waals surface area contributed by atoms with E-state index in [2.05, 4.69) is 4.98 Å². The summed E-state index contributed by atoms with van der Waals surface area (Å²) in [5.41, 5.74) is 1.02. The molecule has 33 heavy (non-hydrogen) atoms. The van der Waals surface area contributed by atoms with Crippen LogP contribution in [0.5, 0.6) is 0 Å². The number of nitrogens with zero attached hydrogens (tertiary/aromatic N) is 2. The number of hydrogen-bond donors (Lipinski definition) is 2. The molecule has 0 bridgehead atoms. The predicted molar refractivity (Wildman–Crippen MR) is 126 cm³/mol. The van der Waals surface area contributed by atoms with E-state index in [1.807, 2.05) is 30.5 Å². The van der Waals surface area contributed by atoms with Gasteiger partial charge in [-0.15, -0.1) is 0 Å². The number of piperazine rings is 1. The molecule has 1 unspecified atom stereocenters. The van der Waals surface area contributed by atoms with Gasteiger partial charge in [-0.1, -0.05) is 36.7 Å². The third-order valence-electron chi connectivity index (χ3n) is 6.47. The smallest absolute Gasteiger partial charge is 0.306 e. The molecule has 1 fully saturated rings. The first kappa shape index (κ1) is 22.9. The van der Waals surface area contributed by atoms with Crippen molar-refractivity contribution in [1.29, 1.82) is 0 Å². The molecule has 1 aliphatic rings. The van der Waals surface area contributed by atoms with Gasteiger partial charge in [0.25, 0.3) is 5.91 Å². The zero-order chi connectivity index (χ0) is 23.6. The molecule has 7 nitrogen and oxygen atoms in total. The van der Waals surface area contributed by atoms with E-state index in [1.54, 1.807) is 36.1 Å². The van der Waals surface area contributed by atoms with Gasteiger partial charge < -0.3 is 19.9 Å². The Bertz CT molecular complexity index is 1190. The van der Waals surface area contributed by atoms with Gasteiger partial charge >= 0.3 is 5.97 Å². The molecule has 0 radical (unpaired) electrons. The van der Waals surface area contributed by atoms with Gasteiger partial charge in [0, 0.05) is 47.3 Å². The van der Waals surface area contributed by atoms with Crippen LogP contribution in [0.25, 0.3) is 10.9 Å². The van der Waals surface area contributed by atoms with Gasteiger partial charge in [-0.05, 0) is 48.7 Å². The van der Waals surface area contributed by atoms with Crippen LogP contribution in [0.1, 0.15) is 35.7 Å². The Hall–Kier alpha value is -3.32. The number of carbonyl (C=O) groups excluding carboxylic acids is 2. The highest BCUT2D eigenvalue weighted by Gasteiger charge is 2.51. The number of carboxylic acid groups (broad SMARTS) is 1. The quantitative estimate of drug-likeness (QED) is 0.549. The summed E-state index contributed by atoms with van der Waals surface area (Å²) in [6, 6.07) is 14.3. The average Bonchev–Trinajstić information content (AvgIpc) is 3.21. The molecule has 3 aromatic rings. The van der Waals surface area contributed by atoms with E-state index in [4.69, 9.17) is 11.6 Å². The number of halogens is 1. The third-order valence-corrected chi connectivity index (χ3v) is 6.71. The fourth-order valence-corrected chi connectivity index (χ4v) is 4.87. The first-order chi connectivity index (χ1) is 15.9. The summed E-state index contributed by atoms with van der Waals surface area (Å²) < 4.78 is 0. The number of aromatic nitrogens is 1. The monoisotopic (exact) mass is 467 g/mol. The minimum atomic E-state index is -1.42. The number of hydrogen-bond acceptors (Lipinski definition) is 3. The maximum absolute atomic E-state index is 13.7. The lowest BCUT2D eigenvalue weighted by molar-refractivity contribution is -0.156. The summed E-state index contributed by atoms with van der Waals surface area (Å²) in [5.74, 6) is -1.75. The summed E-state index contributed by atoms with van der Waals surface area (Å²) in [4.78, 5) is 45.1. The first-order valence-corrected chi connectivity index (χ1v) is 11.4. The van der Waals surface area contributed by atoms with Crippen LogP contribution < -0.4 is 0 Å². The fourth-order valence-electron chi connectivity index (χ4n) is 4.69. The highest BCUT2D eigenvalue weighted by Crippen LogP contribution is 2.32. The number of amides is 2. The molecule has 4 rings (SSSR count). The van der Waals surface area contributed by atoms with E-state index in [1.165, 1.54) is 4.90 Å². The Kier molecular flexibility index (Phi) is 6.42. The number of fused-ring (bicyclic) bond motifs is 1. The second-order valence-corrected chi connectivity index (χ2v) is 8.76. The molecular formula is C25H26ClN3O4. The standard InChI is InChI=1S/C25H26ClN3O4/c1-2-25(15-22(30)31)24(33)28(12-13-29(25)23(32)17-6-4-3-5-7-17)11-10-18-16-27-21-9-8-19(26)14-20(18)21/h3-9,14,16,27H,2,10-13,15H2,1H3,(H,30,31). The van der Waals surface area contributed by atoms with Crippen LogP contribution in [0.4, 0.5) is 0 Å². The second kappa shape index (κ2) is 9.27. The summed E-state index contributed by atoms with van der Waals surface area (Å²) >= 11 is 6.15. The molecule has 2 heterocycles. The van der Waals surface area contributed by atoms with E-state index in [-0.39, 0.29) is 24.8 Å². The molecule has 1 aromatic heterocycles. The van der Waals surface area contributed by atoms with Gasteiger partial charge in [0.15, 0.2) is 0 Å². The Morgan fingerprint density at radius 3 is 2.61 bits per heavy atom. The van der Waals surface area contributed by atoms with Gasteiger partial charge in [0.2, 0.25) is 5.91 Å². The maximum atomic E-state index is 13.7. The van der Waals surface area contributed by atoms with Gasteiger partial charge in [-0.25, -0.2) is 0 Å². The van der Waals surface area contributed by atoms with Crippen LogP contribution in [-0.4, -0.2) is 62.8 Å². The van der Waals surface area contributed by atoms with Crippen molar-refractivity contribution in [1.82, 2.24) is 14.8 Å².